The Hall–Kier alpha value is -0.570. The minimum atomic E-state index is -0.159. The molecule has 3 nitrogen and oxygen atoms in total. The van der Waals surface area contributed by atoms with Crippen molar-refractivity contribution >= 4 is 11.6 Å². The largest absolute Gasteiger partial charge is 0.343 e. The van der Waals surface area contributed by atoms with Gasteiger partial charge in [-0.2, -0.15) is 4.98 Å². The van der Waals surface area contributed by atoms with E-state index in [4.69, 9.17) is 11.6 Å². The number of rotatable bonds is 1. The van der Waals surface area contributed by atoms with Crippen LogP contribution in [0, 0.1) is 0 Å². The summed E-state index contributed by atoms with van der Waals surface area (Å²) >= 11 is 5.56. The highest BCUT2D eigenvalue weighted by Crippen LogP contribution is 2.12. The lowest BCUT2D eigenvalue weighted by Gasteiger charge is -1.87. The van der Waals surface area contributed by atoms with Gasteiger partial charge in [0, 0.05) is 0 Å². The first-order valence-electron chi connectivity index (χ1n) is 2.21. The van der Waals surface area contributed by atoms with Crippen LogP contribution < -0.4 is 0 Å². The van der Waals surface area contributed by atoms with Crippen LogP contribution in [0.4, 0.5) is 0 Å². The normalized spacial score (nSPS) is 13.8. The molecule has 1 rings (SSSR count). The van der Waals surface area contributed by atoms with Crippen molar-refractivity contribution in [3.63, 3.8) is 0 Å². The molecule has 0 fully saturated rings. The highest BCUT2D eigenvalue weighted by atomic mass is 35.5. The van der Waals surface area contributed by atoms with E-state index in [1.54, 1.807) is 6.92 Å². The van der Waals surface area contributed by atoms with Gasteiger partial charge in [-0.25, -0.2) is 0 Å². The summed E-state index contributed by atoms with van der Waals surface area (Å²) in [6, 6.07) is 0. The zero-order valence-electron chi connectivity index (χ0n) is 4.34. The zero-order valence-corrected chi connectivity index (χ0v) is 5.09. The van der Waals surface area contributed by atoms with E-state index < -0.39 is 0 Å². The summed E-state index contributed by atoms with van der Waals surface area (Å²) in [4.78, 5) is 3.71. The lowest BCUT2D eigenvalue weighted by molar-refractivity contribution is 0.410. The van der Waals surface area contributed by atoms with Gasteiger partial charge in [0.15, 0.2) is 5.82 Å². The van der Waals surface area contributed by atoms with Gasteiger partial charge in [0.1, 0.15) is 0 Å². The molecule has 0 aliphatic carbocycles. The summed E-state index contributed by atoms with van der Waals surface area (Å²) in [5.74, 6) is 0.534. The van der Waals surface area contributed by atoms with Crippen molar-refractivity contribution < 1.29 is 4.52 Å². The molecule has 1 unspecified atom stereocenters. The van der Waals surface area contributed by atoms with Crippen molar-refractivity contribution in [3.05, 3.63) is 12.2 Å². The second-order valence-electron chi connectivity index (χ2n) is 1.41. The van der Waals surface area contributed by atoms with Crippen molar-refractivity contribution in [3.8, 4) is 0 Å². The summed E-state index contributed by atoms with van der Waals surface area (Å²) in [6.45, 7) is 1.78. The van der Waals surface area contributed by atoms with E-state index in [0.29, 0.717) is 5.82 Å². The van der Waals surface area contributed by atoms with E-state index in [-0.39, 0.29) is 5.38 Å². The molecule has 1 atom stereocenters. The van der Waals surface area contributed by atoms with Gasteiger partial charge in [-0.05, 0) is 6.92 Å². The third-order valence-corrected chi connectivity index (χ3v) is 0.929. The molecule has 0 spiro atoms. The lowest BCUT2D eigenvalue weighted by Crippen LogP contribution is -1.84. The minimum absolute atomic E-state index is 0.159. The second kappa shape index (κ2) is 2.13. The quantitative estimate of drug-likeness (QED) is 0.542. The lowest BCUT2D eigenvalue weighted by atomic mass is 10.5. The van der Waals surface area contributed by atoms with E-state index in [0.717, 1.165) is 0 Å². The molecule has 0 aromatic carbocycles. The fourth-order valence-corrected chi connectivity index (χ4v) is 0.450. The molecular formula is C4H5ClN2O. The summed E-state index contributed by atoms with van der Waals surface area (Å²) < 4.78 is 4.43. The van der Waals surface area contributed by atoms with Gasteiger partial charge in [-0.1, -0.05) is 5.16 Å². The molecule has 0 aliphatic heterocycles. The molecule has 0 amide bonds. The number of nitrogens with zero attached hydrogens (tertiary/aromatic N) is 2. The predicted octanol–water partition coefficient (Wildman–Crippen LogP) is 1.37. The smallest absolute Gasteiger partial charge is 0.213 e. The second-order valence-corrected chi connectivity index (χ2v) is 2.06. The van der Waals surface area contributed by atoms with Crippen molar-refractivity contribution in [1.82, 2.24) is 10.1 Å². The molecule has 0 saturated heterocycles. The highest BCUT2D eigenvalue weighted by molar-refractivity contribution is 6.20. The Morgan fingerprint density at radius 1 is 1.88 bits per heavy atom. The molecule has 0 saturated carbocycles. The summed E-state index contributed by atoms with van der Waals surface area (Å²) in [6.07, 6.45) is 1.26. The monoisotopic (exact) mass is 132 g/mol. The Bertz CT molecular complexity index is 149. The maximum Gasteiger partial charge on any atom is 0.213 e. The third kappa shape index (κ3) is 0.980. The molecular weight excluding hydrogens is 128 g/mol. The van der Waals surface area contributed by atoms with E-state index in [1.807, 2.05) is 0 Å². The first-order chi connectivity index (χ1) is 3.80. The van der Waals surface area contributed by atoms with Gasteiger partial charge in [0.25, 0.3) is 0 Å². The van der Waals surface area contributed by atoms with E-state index in [2.05, 4.69) is 14.7 Å². The maximum atomic E-state index is 5.56. The molecule has 0 aliphatic rings. The van der Waals surface area contributed by atoms with Crippen LogP contribution in [0.5, 0.6) is 0 Å². The van der Waals surface area contributed by atoms with Crippen LogP contribution in [0.25, 0.3) is 0 Å². The van der Waals surface area contributed by atoms with Gasteiger partial charge in [-0.3, -0.25) is 0 Å². The molecule has 44 valence electrons. The molecule has 8 heavy (non-hydrogen) atoms. The van der Waals surface area contributed by atoms with Gasteiger partial charge in [0.05, 0.1) is 5.38 Å². The maximum absolute atomic E-state index is 5.56. The number of halogens is 1. The first kappa shape index (κ1) is 5.56. The van der Waals surface area contributed by atoms with Gasteiger partial charge < -0.3 is 4.52 Å². The molecule has 0 radical (unpaired) electrons. The molecule has 1 heterocycles. The average molecular weight is 133 g/mol. The van der Waals surface area contributed by atoms with Crippen molar-refractivity contribution in [2.45, 2.75) is 12.3 Å². The molecule has 1 aromatic heterocycles. The van der Waals surface area contributed by atoms with Crippen molar-refractivity contribution in [2.75, 3.05) is 0 Å². The molecule has 0 bridgehead atoms. The van der Waals surface area contributed by atoms with Crippen LogP contribution in [-0.2, 0) is 0 Å². The molecule has 4 heteroatoms. The van der Waals surface area contributed by atoms with E-state index in [9.17, 15) is 0 Å². The first-order valence-corrected chi connectivity index (χ1v) is 2.64. The van der Waals surface area contributed by atoms with Crippen LogP contribution >= 0.6 is 11.6 Å². The Kier molecular flexibility index (Phi) is 1.48. The Morgan fingerprint density at radius 3 is 2.88 bits per heavy atom. The average Bonchev–Trinajstić information content (AvgIpc) is 2.12. The van der Waals surface area contributed by atoms with E-state index in [1.165, 1.54) is 6.39 Å². The van der Waals surface area contributed by atoms with E-state index >= 15 is 0 Å². The Morgan fingerprint density at radius 2 is 2.62 bits per heavy atom. The number of alkyl halides is 1. The van der Waals surface area contributed by atoms with Gasteiger partial charge in [0.2, 0.25) is 6.39 Å². The number of hydrogen-bond donors (Lipinski definition) is 0. The fraction of sp³-hybridized carbons (Fsp3) is 0.500. The predicted molar refractivity (Wildman–Crippen MR) is 28.6 cm³/mol. The highest BCUT2D eigenvalue weighted by Gasteiger charge is 2.03. The zero-order chi connectivity index (χ0) is 5.98. The summed E-state index contributed by atoms with van der Waals surface area (Å²) in [5.41, 5.74) is 0. The van der Waals surface area contributed by atoms with Crippen LogP contribution in [-0.4, -0.2) is 10.1 Å². The van der Waals surface area contributed by atoms with Crippen LogP contribution in [0.15, 0.2) is 10.9 Å². The summed E-state index contributed by atoms with van der Waals surface area (Å²) in [7, 11) is 0. The standard InChI is InChI=1S/C4H5ClN2O/c1-3(5)4-6-2-8-7-4/h2-3H,1H3. The van der Waals surface area contributed by atoms with Crippen LogP contribution in [0.3, 0.4) is 0 Å². The topological polar surface area (TPSA) is 38.9 Å². The third-order valence-electron chi connectivity index (χ3n) is 0.734. The van der Waals surface area contributed by atoms with Gasteiger partial charge in [-0.15, -0.1) is 11.6 Å². The number of hydrogen-bond acceptors (Lipinski definition) is 3. The van der Waals surface area contributed by atoms with Crippen molar-refractivity contribution in [2.24, 2.45) is 0 Å². The van der Waals surface area contributed by atoms with Crippen molar-refractivity contribution in [1.29, 1.82) is 0 Å². The Balaban J connectivity index is 2.77. The fourth-order valence-electron chi connectivity index (χ4n) is 0.354. The SMILES string of the molecule is CC(Cl)c1ncon1. The van der Waals surface area contributed by atoms with Crippen LogP contribution in [0.2, 0.25) is 0 Å². The molecule has 0 N–H and O–H groups in total. The number of aromatic nitrogens is 2. The van der Waals surface area contributed by atoms with Gasteiger partial charge >= 0.3 is 0 Å². The summed E-state index contributed by atoms with van der Waals surface area (Å²) in [5, 5.41) is 3.34. The van der Waals surface area contributed by atoms with Crippen LogP contribution in [0.1, 0.15) is 18.1 Å². The Labute approximate surface area is 51.6 Å². The molecule has 1 aromatic rings. The minimum Gasteiger partial charge on any atom is -0.343 e.